The van der Waals surface area contributed by atoms with Crippen molar-refractivity contribution < 1.29 is 23.8 Å². The van der Waals surface area contributed by atoms with Crippen LogP contribution in [0, 0.1) is 0 Å². The van der Waals surface area contributed by atoms with Gasteiger partial charge in [-0.15, -0.1) is 0 Å². The molecule has 0 fully saturated rings. The van der Waals surface area contributed by atoms with E-state index in [-0.39, 0.29) is 13.2 Å². The van der Waals surface area contributed by atoms with E-state index in [1.54, 1.807) is 6.07 Å². The maximum Gasteiger partial charge on any atom is 0.306 e. The summed E-state index contributed by atoms with van der Waals surface area (Å²) in [5.74, 6) is 0.269. The van der Waals surface area contributed by atoms with Gasteiger partial charge in [-0.1, -0.05) is 6.07 Å². The van der Waals surface area contributed by atoms with Crippen molar-refractivity contribution in [1.82, 2.24) is 0 Å². The van der Waals surface area contributed by atoms with Crippen LogP contribution in [0.5, 0.6) is 11.5 Å². The fourth-order valence-electron chi connectivity index (χ4n) is 1.66. The lowest BCUT2D eigenvalue weighted by Gasteiger charge is -2.09. The molecule has 0 radical (unpaired) electrons. The molecule has 102 valence electrons. The van der Waals surface area contributed by atoms with E-state index in [2.05, 4.69) is 0 Å². The monoisotopic (exact) mass is 265 g/mol. The van der Waals surface area contributed by atoms with E-state index in [9.17, 15) is 9.59 Å². The van der Waals surface area contributed by atoms with E-state index in [0.717, 1.165) is 5.56 Å². The van der Waals surface area contributed by atoms with Crippen molar-refractivity contribution in [2.24, 2.45) is 5.73 Å². The summed E-state index contributed by atoms with van der Waals surface area (Å²) in [5.41, 5.74) is 5.94. The summed E-state index contributed by atoms with van der Waals surface area (Å²) < 4.78 is 15.3. The van der Waals surface area contributed by atoms with Crippen LogP contribution in [-0.2, 0) is 20.7 Å². The predicted octanol–water partition coefficient (Wildman–Crippen LogP) is 0.765. The molecule has 1 aromatic carbocycles. The summed E-state index contributed by atoms with van der Waals surface area (Å²) in [6, 6.07) is 5.49. The van der Waals surface area contributed by atoms with Gasteiger partial charge in [-0.05, 0) is 31.0 Å². The second-order valence-corrected chi connectivity index (χ2v) is 4.22. The third-order valence-corrected chi connectivity index (χ3v) is 2.76. The minimum Gasteiger partial charge on any atom is -0.454 e. The number of primary amides is 1. The molecule has 19 heavy (non-hydrogen) atoms. The van der Waals surface area contributed by atoms with Gasteiger partial charge in [-0.2, -0.15) is 0 Å². The number of rotatable bonds is 5. The summed E-state index contributed by atoms with van der Waals surface area (Å²) in [6.45, 7) is 1.66. The molecule has 6 heteroatoms. The van der Waals surface area contributed by atoms with E-state index in [1.165, 1.54) is 6.92 Å². The Kier molecular flexibility index (Phi) is 3.89. The lowest BCUT2D eigenvalue weighted by atomic mass is 10.1. The average molecular weight is 265 g/mol. The van der Waals surface area contributed by atoms with Gasteiger partial charge in [0.05, 0.1) is 0 Å². The highest BCUT2D eigenvalue weighted by Gasteiger charge is 2.16. The summed E-state index contributed by atoms with van der Waals surface area (Å²) in [6.07, 6.45) is -0.220. The molecule has 1 heterocycles. The first-order valence-electron chi connectivity index (χ1n) is 5.93. The van der Waals surface area contributed by atoms with Crippen LogP contribution in [0.4, 0.5) is 0 Å². The van der Waals surface area contributed by atoms with Crippen LogP contribution in [0.2, 0.25) is 0 Å². The molecule has 1 aliphatic rings. The van der Waals surface area contributed by atoms with E-state index in [1.807, 2.05) is 12.1 Å². The van der Waals surface area contributed by atoms with Gasteiger partial charge in [0, 0.05) is 6.42 Å². The molecule has 0 aromatic heterocycles. The number of nitrogens with two attached hydrogens (primary N) is 1. The molecule has 2 rings (SSSR count). The average Bonchev–Trinajstić information content (AvgIpc) is 2.83. The van der Waals surface area contributed by atoms with Crippen molar-refractivity contribution >= 4 is 11.9 Å². The zero-order valence-corrected chi connectivity index (χ0v) is 10.5. The first kappa shape index (κ1) is 13.2. The molecular formula is C13H15NO5. The number of benzene rings is 1. The van der Waals surface area contributed by atoms with Crippen LogP contribution in [-0.4, -0.2) is 24.8 Å². The summed E-state index contributed by atoms with van der Waals surface area (Å²) in [5, 5.41) is 0. The Labute approximate surface area is 110 Å². The van der Waals surface area contributed by atoms with E-state index >= 15 is 0 Å². The molecule has 0 saturated carbocycles. The standard InChI is InChI=1S/C13H15NO5/c1-8(13(14)16)19-12(15)5-3-9-2-4-10-11(6-9)18-7-17-10/h2,4,6,8H,3,5,7H2,1H3,(H2,14,16)/t8-/m0/s1. The Bertz CT molecular complexity index is 500. The predicted molar refractivity (Wildman–Crippen MR) is 65.6 cm³/mol. The van der Waals surface area contributed by atoms with Crippen LogP contribution in [0.1, 0.15) is 18.9 Å². The molecule has 1 aromatic rings. The largest absolute Gasteiger partial charge is 0.454 e. The number of aryl methyl sites for hydroxylation is 1. The van der Waals surface area contributed by atoms with Crippen molar-refractivity contribution in [1.29, 1.82) is 0 Å². The molecular weight excluding hydrogens is 250 g/mol. The molecule has 1 amide bonds. The number of esters is 1. The number of fused-ring (bicyclic) bond motifs is 1. The van der Waals surface area contributed by atoms with E-state index < -0.39 is 18.0 Å². The molecule has 1 aliphatic heterocycles. The van der Waals surface area contributed by atoms with Crippen LogP contribution >= 0.6 is 0 Å². The van der Waals surface area contributed by atoms with Crippen molar-refractivity contribution in [3.05, 3.63) is 23.8 Å². The zero-order valence-electron chi connectivity index (χ0n) is 10.5. The number of carbonyl (C=O) groups excluding carboxylic acids is 2. The Morgan fingerprint density at radius 3 is 2.84 bits per heavy atom. The SMILES string of the molecule is C[C@H](OC(=O)CCc1ccc2c(c1)OCO2)C(N)=O. The molecule has 0 spiro atoms. The van der Waals surface area contributed by atoms with Gasteiger partial charge in [0.1, 0.15) is 0 Å². The Morgan fingerprint density at radius 2 is 2.11 bits per heavy atom. The normalized spacial score (nSPS) is 13.9. The Hall–Kier alpha value is -2.24. The molecule has 2 N–H and O–H groups in total. The molecule has 0 bridgehead atoms. The topological polar surface area (TPSA) is 87.8 Å². The quantitative estimate of drug-likeness (QED) is 0.794. The second kappa shape index (κ2) is 5.60. The van der Waals surface area contributed by atoms with Crippen LogP contribution < -0.4 is 15.2 Å². The summed E-state index contributed by atoms with van der Waals surface area (Å²) in [7, 11) is 0. The van der Waals surface area contributed by atoms with Gasteiger partial charge in [-0.3, -0.25) is 9.59 Å². The van der Waals surface area contributed by atoms with Crippen LogP contribution in [0.15, 0.2) is 18.2 Å². The number of hydrogen-bond acceptors (Lipinski definition) is 5. The summed E-state index contributed by atoms with van der Waals surface area (Å²) >= 11 is 0. The third kappa shape index (κ3) is 3.37. The molecule has 1 atom stereocenters. The van der Waals surface area contributed by atoms with Crippen LogP contribution in [0.25, 0.3) is 0 Å². The Balaban J connectivity index is 1.85. The highest BCUT2D eigenvalue weighted by molar-refractivity contribution is 5.81. The van der Waals surface area contributed by atoms with Gasteiger partial charge in [0.25, 0.3) is 5.91 Å². The smallest absolute Gasteiger partial charge is 0.306 e. The minimum atomic E-state index is -0.899. The lowest BCUT2D eigenvalue weighted by Crippen LogP contribution is -2.30. The molecule has 0 aliphatic carbocycles. The number of ether oxygens (including phenoxy) is 3. The fraction of sp³-hybridized carbons (Fsp3) is 0.385. The fourth-order valence-corrected chi connectivity index (χ4v) is 1.66. The maximum absolute atomic E-state index is 11.5. The van der Waals surface area contributed by atoms with Crippen molar-refractivity contribution in [2.45, 2.75) is 25.9 Å². The number of amides is 1. The van der Waals surface area contributed by atoms with Crippen LogP contribution in [0.3, 0.4) is 0 Å². The Morgan fingerprint density at radius 1 is 1.37 bits per heavy atom. The molecule has 0 unspecified atom stereocenters. The first-order valence-corrected chi connectivity index (χ1v) is 5.93. The van der Waals surface area contributed by atoms with Crippen molar-refractivity contribution in [2.75, 3.05) is 6.79 Å². The second-order valence-electron chi connectivity index (χ2n) is 4.22. The van der Waals surface area contributed by atoms with Gasteiger partial charge >= 0.3 is 5.97 Å². The highest BCUT2D eigenvalue weighted by Crippen LogP contribution is 2.32. The van der Waals surface area contributed by atoms with Gasteiger partial charge < -0.3 is 19.9 Å². The van der Waals surface area contributed by atoms with Crippen molar-refractivity contribution in [3.8, 4) is 11.5 Å². The number of hydrogen-bond donors (Lipinski definition) is 1. The van der Waals surface area contributed by atoms with Gasteiger partial charge in [0.2, 0.25) is 6.79 Å². The number of carbonyl (C=O) groups is 2. The van der Waals surface area contributed by atoms with Gasteiger partial charge in [-0.25, -0.2) is 0 Å². The molecule has 0 saturated heterocycles. The molecule has 6 nitrogen and oxygen atoms in total. The van der Waals surface area contributed by atoms with Gasteiger partial charge in [0.15, 0.2) is 17.6 Å². The minimum absolute atomic E-state index is 0.178. The van der Waals surface area contributed by atoms with Crippen molar-refractivity contribution in [3.63, 3.8) is 0 Å². The van der Waals surface area contributed by atoms with E-state index in [4.69, 9.17) is 19.9 Å². The third-order valence-electron chi connectivity index (χ3n) is 2.76. The maximum atomic E-state index is 11.5. The lowest BCUT2D eigenvalue weighted by molar-refractivity contribution is -0.153. The highest BCUT2D eigenvalue weighted by atomic mass is 16.7. The summed E-state index contributed by atoms with van der Waals surface area (Å²) in [4.78, 5) is 22.2. The first-order chi connectivity index (χ1) is 9.06. The zero-order chi connectivity index (χ0) is 13.8. The van der Waals surface area contributed by atoms with E-state index in [0.29, 0.717) is 17.9 Å².